The zero-order valence-corrected chi connectivity index (χ0v) is 13.2. The van der Waals surface area contributed by atoms with Crippen molar-refractivity contribution in [3.63, 3.8) is 0 Å². The van der Waals surface area contributed by atoms with Crippen LogP contribution in [0.4, 0.5) is 0 Å². The van der Waals surface area contributed by atoms with Gasteiger partial charge in [0, 0.05) is 19.0 Å². The van der Waals surface area contributed by atoms with Crippen molar-refractivity contribution in [2.24, 2.45) is 5.73 Å². The Balaban J connectivity index is 2.21. The number of amides is 1. The third-order valence-corrected chi connectivity index (χ3v) is 3.81. The lowest BCUT2D eigenvalue weighted by Gasteiger charge is -2.40. The highest BCUT2D eigenvalue weighted by molar-refractivity contribution is 5.78. The van der Waals surface area contributed by atoms with E-state index in [1.54, 1.807) is 0 Å². The van der Waals surface area contributed by atoms with Crippen LogP contribution in [0.3, 0.4) is 0 Å². The number of hydrogen-bond acceptors (Lipinski definition) is 3. The number of rotatable bonds is 5. The predicted molar refractivity (Wildman–Crippen MR) is 84.2 cm³/mol. The molecule has 2 unspecified atom stereocenters. The van der Waals surface area contributed by atoms with Crippen LogP contribution in [0.1, 0.15) is 51.6 Å². The molecule has 4 heteroatoms. The van der Waals surface area contributed by atoms with Gasteiger partial charge in [-0.25, -0.2) is 0 Å². The molecule has 1 aliphatic heterocycles. The first-order valence-electron chi connectivity index (χ1n) is 7.84. The lowest BCUT2D eigenvalue weighted by Crippen LogP contribution is -2.49. The molecule has 21 heavy (non-hydrogen) atoms. The summed E-state index contributed by atoms with van der Waals surface area (Å²) in [7, 11) is 0. The number of carbonyl (C=O) groups excluding carboxylic acids is 1. The molecule has 116 valence electrons. The van der Waals surface area contributed by atoms with E-state index < -0.39 is 0 Å². The molecule has 1 fully saturated rings. The van der Waals surface area contributed by atoms with E-state index in [1.807, 2.05) is 43.0 Å². The van der Waals surface area contributed by atoms with Gasteiger partial charge in [0.2, 0.25) is 5.91 Å². The van der Waals surface area contributed by atoms with Crippen molar-refractivity contribution in [2.45, 2.75) is 58.2 Å². The molecular weight excluding hydrogens is 264 g/mol. The highest BCUT2D eigenvalue weighted by Gasteiger charge is 2.34. The van der Waals surface area contributed by atoms with Gasteiger partial charge in [-0.15, -0.1) is 0 Å². The zero-order chi connectivity index (χ0) is 15.4. The van der Waals surface area contributed by atoms with Gasteiger partial charge < -0.3 is 15.4 Å². The molecule has 0 saturated carbocycles. The fourth-order valence-electron chi connectivity index (χ4n) is 2.93. The predicted octanol–water partition coefficient (Wildman–Crippen LogP) is 2.87. The summed E-state index contributed by atoms with van der Waals surface area (Å²) >= 11 is 0. The lowest BCUT2D eigenvalue weighted by molar-refractivity contribution is -0.137. The lowest BCUT2D eigenvalue weighted by atomic mass is 9.90. The van der Waals surface area contributed by atoms with E-state index in [-0.39, 0.29) is 24.1 Å². The first-order chi connectivity index (χ1) is 10.0. The number of benzene rings is 1. The van der Waals surface area contributed by atoms with Crippen molar-refractivity contribution >= 4 is 5.91 Å². The van der Waals surface area contributed by atoms with Crippen LogP contribution < -0.4 is 10.5 Å². The Kier molecular flexibility index (Phi) is 5.23. The molecule has 0 radical (unpaired) electrons. The molecule has 1 saturated heterocycles. The van der Waals surface area contributed by atoms with Crippen LogP contribution in [0.25, 0.3) is 0 Å². The Morgan fingerprint density at radius 3 is 2.57 bits per heavy atom. The second-order valence-corrected chi connectivity index (χ2v) is 5.97. The van der Waals surface area contributed by atoms with Crippen LogP contribution in [0, 0.1) is 0 Å². The summed E-state index contributed by atoms with van der Waals surface area (Å²) in [6, 6.07) is 7.98. The maximum absolute atomic E-state index is 12.2. The van der Waals surface area contributed by atoms with Crippen LogP contribution >= 0.6 is 0 Å². The van der Waals surface area contributed by atoms with Gasteiger partial charge in [-0.2, -0.15) is 0 Å². The van der Waals surface area contributed by atoms with E-state index in [9.17, 15) is 4.79 Å². The maximum Gasteiger partial charge on any atom is 0.223 e. The molecule has 0 spiro atoms. The van der Waals surface area contributed by atoms with E-state index in [0.717, 1.165) is 30.7 Å². The molecule has 1 amide bonds. The normalized spacial score (nSPS) is 22.7. The highest BCUT2D eigenvalue weighted by atomic mass is 16.5. The minimum Gasteiger partial charge on any atom is -0.491 e. The summed E-state index contributed by atoms with van der Waals surface area (Å²) in [4.78, 5) is 14.1. The van der Waals surface area contributed by atoms with Crippen molar-refractivity contribution in [3.05, 3.63) is 29.8 Å². The average Bonchev–Trinajstić information content (AvgIpc) is 2.44. The molecule has 2 atom stereocenters. The van der Waals surface area contributed by atoms with Crippen LogP contribution in [0.2, 0.25) is 0 Å². The number of nitrogens with two attached hydrogens (primary N) is 1. The fraction of sp³-hybridized carbons (Fsp3) is 0.588. The Morgan fingerprint density at radius 2 is 2.00 bits per heavy atom. The van der Waals surface area contributed by atoms with Crippen LogP contribution in [0.5, 0.6) is 5.75 Å². The number of likely N-dealkylation sites (tertiary alicyclic amines) is 1. The van der Waals surface area contributed by atoms with Crippen LogP contribution in [-0.4, -0.2) is 29.5 Å². The number of hydrogen-bond donors (Lipinski definition) is 1. The number of nitrogens with zero attached hydrogens (tertiary/aromatic N) is 1. The summed E-state index contributed by atoms with van der Waals surface area (Å²) in [5, 5.41) is 0. The van der Waals surface area contributed by atoms with E-state index in [1.165, 1.54) is 0 Å². The smallest absolute Gasteiger partial charge is 0.223 e. The minimum atomic E-state index is -0.0145. The van der Waals surface area contributed by atoms with Crippen LogP contribution in [-0.2, 0) is 4.79 Å². The second kappa shape index (κ2) is 6.94. The van der Waals surface area contributed by atoms with Crippen molar-refractivity contribution < 1.29 is 9.53 Å². The first-order valence-corrected chi connectivity index (χ1v) is 7.84. The van der Waals surface area contributed by atoms with E-state index in [2.05, 4.69) is 6.92 Å². The van der Waals surface area contributed by atoms with Gasteiger partial charge in [-0.1, -0.05) is 19.1 Å². The molecule has 4 nitrogen and oxygen atoms in total. The van der Waals surface area contributed by atoms with Gasteiger partial charge >= 0.3 is 0 Å². The SMILES string of the molecule is CCCN1C(=O)CCC(N)C1c1ccc(OC(C)C)cc1. The van der Waals surface area contributed by atoms with Gasteiger partial charge in [0.1, 0.15) is 5.75 Å². The average molecular weight is 290 g/mol. The third kappa shape index (κ3) is 3.76. The molecule has 0 aromatic heterocycles. The molecule has 0 bridgehead atoms. The molecule has 2 N–H and O–H groups in total. The van der Waals surface area contributed by atoms with E-state index >= 15 is 0 Å². The summed E-state index contributed by atoms with van der Waals surface area (Å²) in [6.07, 6.45) is 2.43. The van der Waals surface area contributed by atoms with Gasteiger partial charge in [0.15, 0.2) is 0 Å². The molecule has 1 aliphatic rings. The third-order valence-electron chi connectivity index (χ3n) is 3.81. The van der Waals surface area contributed by atoms with Crippen LogP contribution in [0.15, 0.2) is 24.3 Å². The maximum atomic E-state index is 12.2. The van der Waals surface area contributed by atoms with Gasteiger partial charge in [-0.3, -0.25) is 4.79 Å². The Morgan fingerprint density at radius 1 is 1.33 bits per heavy atom. The topological polar surface area (TPSA) is 55.6 Å². The van der Waals surface area contributed by atoms with Crippen molar-refractivity contribution in [3.8, 4) is 5.75 Å². The van der Waals surface area contributed by atoms with E-state index in [4.69, 9.17) is 10.5 Å². The molecule has 0 aliphatic carbocycles. The van der Waals surface area contributed by atoms with Crippen molar-refractivity contribution in [1.29, 1.82) is 0 Å². The summed E-state index contributed by atoms with van der Waals surface area (Å²) in [5.74, 6) is 1.07. The minimum absolute atomic E-state index is 0.00566. The molecule has 1 heterocycles. The molecule has 1 aromatic carbocycles. The zero-order valence-electron chi connectivity index (χ0n) is 13.2. The fourth-order valence-corrected chi connectivity index (χ4v) is 2.93. The standard InChI is InChI=1S/C17H26N2O2/c1-4-11-19-16(20)10-9-15(18)17(19)13-5-7-14(8-6-13)21-12(2)3/h5-8,12,15,17H,4,9-11,18H2,1-3H3. The van der Waals surface area contributed by atoms with Gasteiger partial charge in [0.25, 0.3) is 0 Å². The summed E-state index contributed by atoms with van der Waals surface area (Å²) in [5.41, 5.74) is 7.38. The monoisotopic (exact) mass is 290 g/mol. The Bertz CT molecular complexity index is 470. The molecule has 1 aromatic rings. The van der Waals surface area contributed by atoms with Gasteiger partial charge in [0.05, 0.1) is 12.1 Å². The highest BCUT2D eigenvalue weighted by Crippen LogP contribution is 2.32. The van der Waals surface area contributed by atoms with Crippen molar-refractivity contribution in [1.82, 2.24) is 4.90 Å². The van der Waals surface area contributed by atoms with E-state index in [0.29, 0.717) is 6.42 Å². The summed E-state index contributed by atoms with van der Waals surface area (Å²) < 4.78 is 5.67. The number of piperidine rings is 1. The molecule has 2 rings (SSSR count). The largest absolute Gasteiger partial charge is 0.491 e. The molecular formula is C17H26N2O2. The second-order valence-electron chi connectivity index (χ2n) is 5.97. The summed E-state index contributed by atoms with van der Waals surface area (Å²) in [6.45, 7) is 6.87. The number of carbonyl (C=O) groups is 1. The first kappa shape index (κ1) is 15.8. The quantitative estimate of drug-likeness (QED) is 0.907. The Hall–Kier alpha value is -1.55. The Labute approximate surface area is 127 Å². The van der Waals surface area contributed by atoms with Crippen molar-refractivity contribution in [2.75, 3.05) is 6.54 Å². The number of ether oxygens (including phenoxy) is 1. The van der Waals surface area contributed by atoms with Gasteiger partial charge in [-0.05, 0) is 44.4 Å².